The normalized spacial score (nSPS) is 13.2. The van der Waals surface area contributed by atoms with Gasteiger partial charge in [0.05, 0.1) is 18.2 Å². The van der Waals surface area contributed by atoms with Crippen LogP contribution in [0.5, 0.6) is 5.75 Å². The van der Waals surface area contributed by atoms with Crippen molar-refractivity contribution in [3.05, 3.63) is 64.8 Å². The maximum absolute atomic E-state index is 11.3. The molecular formula is C23H25NO5. The van der Waals surface area contributed by atoms with Gasteiger partial charge >= 0.3 is 5.97 Å². The molecule has 0 aliphatic heterocycles. The third-order valence-electron chi connectivity index (χ3n) is 5.31. The number of fused-ring (bicyclic) bond motifs is 1. The Morgan fingerprint density at radius 2 is 1.97 bits per heavy atom. The summed E-state index contributed by atoms with van der Waals surface area (Å²) < 4.78 is 12.9. The molecule has 0 saturated heterocycles. The summed E-state index contributed by atoms with van der Waals surface area (Å²) in [6.45, 7) is 6.32. The van der Waals surface area contributed by atoms with Crippen LogP contribution in [0.2, 0.25) is 0 Å². The number of ether oxygens (including phenoxy) is 2. The average molecular weight is 395 g/mol. The summed E-state index contributed by atoms with van der Waals surface area (Å²) in [4.78, 5) is 22.5. The van der Waals surface area contributed by atoms with Gasteiger partial charge in [-0.1, -0.05) is 12.1 Å². The molecule has 0 bridgehead atoms. The Balaban J connectivity index is 2.00. The van der Waals surface area contributed by atoms with E-state index in [1.807, 2.05) is 44.2 Å². The first kappa shape index (κ1) is 20.6. The molecule has 0 aliphatic carbocycles. The summed E-state index contributed by atoms with van der Waals surface area (Å²) in [5, 5.41) is 10.2. The number of methoxy groups -OCH3 is 1. The number of hydrogen-bond donors (Lipinski definition) is 1. The highest BCUT2D eigenvalue weighted by Gasteiger charge is 2.19. The van der Waals surface area contributed by atoms with Crippen molar-refractivity contribution in [2.75, 3.05) is 13.7 Å². The fourth-order valence-corrected chi connectivity index (χ4v) is 3.67. The lowest BCUT2D eigenvalue weighted by Crippen LogP contribution is -2.23. The number of carboxylic acids is 1. The first-order valence-electron chi connectivity index (χ1n) is 9.42. The Labute approximate surface area is 169 Å². The number of carbonyl (C=O) groups is 2. The largest absolute Gasteiger partial charge is 0.481 e. The lowest BCUT2D eigenvalue weighted by molar-refractivity contribution is -0.115. The predicted molar refractivity (Wildman–Crippen MR) is 111 cm³/mol. The molecule has 2 aromatic carbocycles. The van der Waals surface area contributed by atoms with Crippen LogP contribution in [0.25, 0.3) is 10.9 Å². The van der Waals surface area contributed by atoms with Gasteiger partial charge in [0.1, 0.15) is 5.75 Å². The van der Waals surface area contributed by atoms with E-state index in [0.29, 0.717) is 5.75 Å². The summed E-state index contributed by atoms with van der Waals surface area (Å²) in [5.74, 6) is -0.335. The van der Waals surface area contributed by atoms with E-state index in [2.05, 4.69) is 11.5 Å². The zero-order chi connectivity index (χ0) is 21.1. The number of nitrogens with zero attached hydrogens (tertiary/aromatic N) is 1. The van der Waals surface area contributed by atoms with Gasteiger partial charge in [-0.3, -0.25) is 4.79 Å². The Bertz CT molecular complexity index is 1050. The second kappa shape index (κ2) is 8.49. The lowest BCUT2D eigenvalue weighted by Gasteiger charge is -2.20. The van der Waals surface area contributed by atoms with Crippen LogP contribution >= 0.6 is 0 Å². The predicted octanol–water partition coefficient (Wildman–Crippen LogP) is 4.16. The van der Waals surface area contributed by atoms with Crippen molar-refractivity contribution in [2.45, 2.75) is 32.9 Å². The van der Waals surface area contributed by atoms with Crippen molar-refractivity contribution in [1.29, 1.82) is 0 Å². The van der Waals surface area contributed by atoms with Crippen LogP contribution in [-0.2, 0) is 9.53 Å². The minimum atomic E-state index is -0.935. The van der Waals surface area contributed by atoms with Crippen molar-refractivity contribution in [3.63, 3.8) is 0 Å². The molecule has 0 radical (unpaired) electrons. The fraction of sp³-hybridized carbons (Fsp3) is 0.304. The molecule has 3 aromatic rings. The van der Waals surface area contributed by atoms with Gasteiger partial charge in [0.2, 0.25) is 0 Å². The smallest absolute Gasteiger partial charge is 0.335 e. The Morgan fingerprint density at radius 1 is 1.21 bits per heavy atom. The molecule has 6 nitrogen and oxygen atoms in total. The summed E-state index contributed by atoms with van der Waals surface area (Å²) >= 11 is 0. The molecule has 2 atom stereocenters. The van der Waals surface area contributed by atoms with E-state index in [1.165, 1.54) is 7.11 Å². The summed E-state index contributed by atoms with van der Waals surface area (Å²) in [5.41, 5.74) is 4.41. The van der Waals surface area contributed by atoms with Gasteiger partial charge in [-0.25, -0.2) is 4.79 Å². The molecule has 0 amide bonds. The second-order valence-electron chi connectivity index (χ2n) is 7.11. The van der Waals surface area contributed by atoms with E-state index >= 15 is 0 Å². The molecule has 3 rings (SSSR count). The van der Waals surface area contributed by atoms with E-state index in [9.17, 15) is 14.7 Å². The Hall–Kier alpha value is -3.12. The number of carboxylic acid groups (broad SMARTS) is 1. The molecule has 0 saturated carbocycles. The number of benzene rings is 2. The van der Waals surface area contributed by atoms with Crippen LogP contribution in [0.3, 0.4) is 0 Å². The van der Waals surface area contributed by atoms with Gasteiger partial charge in [0.15, 0.2) is 12.4 Å². The van der Waals surface area contributed by atoms with Gasteiger partial charge < -0.3 is 19.1 Å². The number of aromatic carboxylic acids is 1. The molecule has 6 heteroatoms. The standard InChI is InChI=1S/C23H25NO5/c1-14-15(2)24(22-9-8-18(23(26)27)11-21(14)22)16(3)17-6-5-7-19(10-17)29-20(12-25)13-28-4/h5-12,16,20H,13H2,1-4H3,(H,26,27)/t16-,20+/m0/s1. The Kier molecular flexibility index (Phi) is 6.03. The highest BCUT2D eigenvalue weighted by molar-refractivity contribution is 5.95. The molecule has 0 spiro atoms. The number of hydrogen-bond acceptors (Lipinski definition) is 4. The molecule has 1 aromatic heterocycles. The van der Waals surface area contributed by atoms with E-state index < -0.39 is 12.1 Å². The van der Waals surface area contributed by atoms with Crippen LogP contribution in [0.1, 0.15) is 40.1 Å². The Morgan fingerprint density at radius 3 is 2.62 bits per heavy atom. The number of aryl methyl sites for hydroxylation is 1. The van der Waals surface area contributed by atoms with E-state index in [1.54, 1.807) is 12.1 Å². The lowest BCUT2D eigenvalue weighted by atomic mass is 10.1. The quantitative estimate of drug-likeness (QED) is 0.580. The average Bonchev–Trinajstić information content (AvgIpc) is 2.97. The zero-order valence-corrected chi connectivity index (χ0v) is 17.0. The molecule has 1 N–H and O–H groups in total. The maximum Gasteiger partial charge on any atom is 0.335 e. The van der Waals surface area contributed by atoms with E-state index in [-0.39, 0.29) is 18.2 Å². The first-order valence-corrected chi connectivity index (χ1v) is 9.42. The van der Waals surface area contributed by atoms with Crippen LogP contribution in [0.4, 0.5) is 0 Å². The molecule has 0 fully saturated rings. The van der Waals surface area contributed by atoms with Gasteiger partial charge in [-0.05, 0) is 62.2 Å². The third-order valence-corrected chi connectivity index (χ3v) is 5.31. The number of aromatic nitrogens is 1. The van der Waals surface area contributed by atoms with Gasteiger partial charge in [0, 0.05) is 23.7 Å². The SMILES string of the molecule is COC[C@@H](C=O)Oc1cccc([C@H](C)n2c(C)c(C)c3cc(C(=O)O)ccc32)c1. The van der Waals surface area contributed by atoms with Crippen LogP contribution in [-0.4, -0.2) is 41.7 Å². The highest BCUT2D eigenvalue weighted by Crippen LogP contribution is 2.33. The van der Waals surface area contributed by atoms with E-state index in [0.717, 1.165) is 34.0 Å². The van der Waals surface area contributed by atoms with E-state index in [4.69, 9.17) is 9.47 Å². The van der Waals surface area contributed by atoms with Crippen molar-refractivity contribution in [1.82, 2.24) is 4.57 Å². The molecule has 0 unspecified atom stereocenters. The van der Waals surface area contributed by atoms with Crippen molar-refractivity contribution in [3.8, 4) is 5.75 Å². The van der Waals surface area contributed by atoms with Crippen LogP contribution in [0.15, 0.2) is 42.5 Å². The van der Waals surface area contributed by atoms with Gasteiger partial charge in [-0.2, -0.15) is 0 Å². The second-order valence-corrected chi connectivity index (χ2v) is 7.11. The minimum absolute atomic E-state index is 0.0115. The third kappa shape index (κ3) is 4.03. The molecule has 1 heterocycles. The maximum atomic E-state index is 11.3. The minimum Gasteiger partial charge on any atom is -0.481 e. The molecule has 29 heavy (non-hydrogen) atoms. The highest BCUT2D eigenvalue weighted by atomic mass is 16.5. The van der Waals surface area contributed by atoms with Crippen molar-refractivity contribution in [2.24, 2.45) is 0 Å². The van der Waals surface area contributed by atoms with Gasteiger partial charge in [-0.15, -0.1) is 0 Å². The van der Waals surface area contributed by atoms with Crippen LogP contribution in [0, 0.1) is 13.8 Å². The monoisotopic (exact) mass is 395 g/mol. The molecular weight excluding hydrogens is 370 g/mol. The van der Waals surface area contributed by atoms with Crippen LogP contribution < -0.4 is 4.74 Å². The first-order chi connectivity index (χ1) is 13.9. The topological polar surface area (TPSA) is 77.8 Å². The van der Waals surface area contributed by atoms with Crippen molar-refractivity contribution >= 4 is 23.2 Å². The molecule has 152 valence electrons. The summed E-state index contributed by atoms with van der Waals surface area (Å²) in [6.07, 6.45) is 0.0726. The molecule has 0 aliphatic rings. The van der Waals surface area contributed by atoms with Crippen molar-refractivity contribution < 1.29 is 24.2 Å². The zero-order valence-electron chi connectivity index (χ0n) is 17.0. The summed E-state index contributed by atoms with van der Waals surface area (Å²) in [7, 11) is 1.52. The summed E-state index contributed by atoms with van der Waals surface area (Å²) in [6, 6.07) is 12.8. The van der Waals surface area contributed by atoms with Gasteiger partial charge in [0.25, 0.3) is 0 Å². The number of aldehydes is 1. The number of carbonyl (C=O) groups excluding carboxylic acids is 1. The number of rotatable bonds is 8. The fourth-order valence-electron chi connectivity index (χ4n) is 3.67.